The third kappa shape index (κ3) is 3.94. The molecule has 0 spiro atoms. The van der Waals surface area contributed by atoms with Crippen LogP contribution >= 0.6 is 0 Å². The smallest absolute Gasteiger partial charge is 0.234 e. The summed E-state index contributed by atoms with van der Waals surface area (Å²) in [5.41, 5.74) is 5.04. The van der Waals surface area contributed by atoms with Gasteiger partial charge < -0.3 is 9.84 Å². The van der Waals surface area contributed by atoms with Gasteiger partial charge in [0.25, 0.3) is 0 Å². The molecule has 4 rings (SSSR count). The first kappa shape index (κ1) is 20.1. The Hall–Kier alpha value is -3.18. The van der Waals surface area contributed by atoms with Crippen LogP contribution in [0, 0.1) is 6.92 Å². The van der Waals surface area contributed by atoms with E-state index in [4.69, 9.17) is 9.72 Å². The number of nitrogens with zero attached hydrogens (tertiary/aromatic N) is 3. The van der Waals surface area contributed by atoms with Crippen molar-refractivity contribution in [1.82, 2.24) is 14.4 Å². The predicted molar refractivity (Wildman–Crippen MR) is 120 cm³/mol. The van der Waals surface area contributed by atoms with Crippen molar-refractivity contribution in [2.45, 2.75) is 46.3 Å². The van der Waals surface area contributed by atoms with Gasteiger partial charge in [-0.05, 0) is 70.0 Å². The van der Waals surface area contributed by atoms with E-state index in [2.05, 4.69) is 11.2 Å². The Kier molecular flexibility index (Phi) is 5.08. The molecule has 0 saturated carbocycles. The Morgan fingerprint density at radius 3 is 2.20 bits per heavy atom. The summed E-state index contributed by atoms with van der Waals surface area (Å²) in [6, 6.07) is 16.0. The molecule has 1 N–H and O–H groups in total. The van der Waals surface area contributed by atoms with Gasteiger partial charge in [0.1, 0.15) is 5.75 Å². The number of hydrogen-bond donors (Lipinski definition) is 1. The molecule has 0 aliphatic rings. The molecular formula is C25H27N3O2. The van der Waals surface area contributed by atoms with Crippen LogP contribution in [0.25, 0.3) is 28.2 Å². The maximum atomic E-state index is 10.2. The van der Waals surface area contributed by atoms with Gasteiger partial charge in [0, 0.05) is 17.3 Å². The quantitative estimate of drug-likeness (QED) is 0.487. The van der Waals surface area contributed by atoms with Gasteiger partial charge in [-0.15, -0.1) is 0 Å². The lowest BCUT2D eigenvalue weighted by Gasteiger charge is -2.18. The second kappa shape index (κ2) is 7.58. The van der Waals surface area contributed by atoms with E-state index in [-0.39, 0.29) is 6.10 Å². The molecule has 0 amide bonds. The maximum absolute atomic E-state index is 10.2. The molecule has 2 heterocycles. The molecule has 4 aromatic rings. The van der Waals surface area contributed by atoms with E-state index in [0.29, 0.717) is 5.78 Å². The summed E-state index contributed by atoms with van der Waals surface area (Å²) in [5, 5.41) is 10.2. The average molecular weight is 402 g/mol. The molecule has 0 bridgehead atoms. The van der Waals surface area contributed by atoms with Crippen LogP contribution in [0.5, 0.6) is 5.75 Å². The molecule has 154 valence electrons. The SMILES string of the molecule is Cc1nc2ncc(-c3ccc(OC(C)C)cc3)n2cc1-c1ccc(C(C)(C)O)cc1. The molecule has 0 aliphatic carbocycles. The van der Waals surface area contributed by atoms with Crippen LogP contribution in [0.1, 0.15) is 39.0 Å². The minimum atomic E-state index is -0.862. The normalized spacial score (nSPS) is 12.0. The minimum Gasteiger partial charge on any atom is -0.491 e. The van der Waals surface area contributed by atoms with Crippen molar-refractivity contribution in [3.63, 3.8) is 0 Å². The molecule has 0 saturated heterocycles. The summed E-state index contributed by atoms with van der Waals surface area (Å²) in [5.74, 6) is 1.52. The average Bonchev–Trinajstić information content (AvgIpc) is 3.09. The second-order valence-corrected chi connectivity index (χ2v) is 8.38. The van der Waals surface area contributed by atoms with Crippen LogP contribution in [0.4, 0.5) is 0 Å². The van der Waals surface area contributed by atoms with Crippen molar-refractivity contribution in [1.29, 1.82) is 0 Å². The highest BCUT2D eigenvalue weighted by Gasteiger charge is 2.16. The van der Waals surface area contributed by atoms with Crippen molar-refractivity contribution in [2.75, 3.05) is 0 Å². The summed E-state index contributed by atoms with van der Waals surface area (Å²) in [7, 11) is 0. The summed E-state index contributed by atoms with van der Waals surface area (Å²) in [6.45, 7) is 9.60. The molecule has 5 nitrogen and oxygen atoms in total. The summed E-state index contributed by atoms with van der Waals surface area (Å²) < 4.78 is 7.77. The number of fused-ring (bicyclic) bond motifs is 1. The molecular weight excluding hydrogens is 374 g/mol. The van der Waals surface area contributed by atoms with Crippen LogP contribution in [0.15, 0.2) is 60.9 Å². The van der Waals surface area contributed by atoms with E-state index in [0.717, 1.165) is 39.4 Å². The van der Waals surface area contributed by atoms with Gasteiger partial charge in [-0.2, -0.15) is 0 Å². The van der Waals surface area contributed by atoms with Gasteiger partial charge in [0.2, 0.25) is 5.78 Å². The highest BCUT2D eigenvalue weighted by Crippen LogP contribution is 2.29. The van der Waals surface area contributed by atoms with Crippen LogP contribution < -0.4 is 4.74 Å². The van der Waals surface area contributed by atoms with Crippen molar-refractivity contribution in [3.8, 4) is 28.1 Å². The molecule has 0 atom stereocenters. The molecule has 0 aliphatic heterocycles. The number of imidazole rings is 1. The van der Waals surface area contributed by atoms with E-state index in [1.54, 1.807) is 13.8 Å². The van der Waals surface area contributed by atoms with Crippen LogP contribution in [0.3, 0.4) is 0 Å². The molecule has 0 fully saturated rings. The van der Waals surface area contributed by atoms with Crippen molar-refractivity contribution < 1.29 is 9.84 Å². The Morgan fingerprint density at radius 1 is 0.967 bits per heavy atom. The monoisotopic (exact) mass is 401 g/mol. The lowest BCUT2D eigenvalue weighted by molar-refractivity contribution is 0.0786. The number of hydrogen-bond acceptors (Lipinski definition) is 4. The fraction of sp³-hybridized carbons (Fsp3) is 0.280. The van der Waals surface area contributed by atoms with Crippen molar-refractivity contribution >= 4 is 5.78 Å². The number of aliphatic hydroxyl groups is 1. The number of ether oxygens (including phenoxy) is 1. The minimum absolute atomic E-state index is 0.143. The Bertz CT molecular complexity index is 1170. The van der Waals surface area contributed by atoms with Gasteiger partial charge in [0.15, 0.2) is 0 Å². The second-order valence-electron chi connectivity index (χ2n) is 8.38. The third-order valence-electron chi connectivity index (χ3n) is 5.12. The zero-order chi connectivity index (χ0) is 21.5. The van der Waals surface area contributed by atoms with Crippen molar-refractivity contribution in [2.24, 2.45) is 0 Å². The van der Waals surface area contributed by atoms with E-state index >= 15 is 0 Å². The maximum Gasteiger partial charge on any atom is 0.234 e. The molecule has 0 radical (unpaired) electrons. The Labute approximate surface area is 177 Å². The Morgan fingerprint density at radius 2 is 1.60 bits per heavy atom. The molecule has 30 heavy (non-hydrogen) atoms. The lowest BCUT2D eigenvalue weighted by Crippen LogP contribution is -2.14. The van der Waals surface area contributed by atoms with Crippen LogP contribution in [-0.4, -0.2) is 25.6 Å². The zero-order valence-corrected chi connectivity index (χ0v) is 18.0. The topological polar surface area (TPSA) is 59.7 Å². The third-order valence-corrected chi connectivity index (χ3v) is 5.12. The molecule has 2 aromatic carbocycles. The summed E-state index contributed by atoms with van der Waals surface area (Å²) >= 11 is 0. The number of aromatic nitrogens is 3. The van der Waals surface area contributed by atoms with E-state index in [1.807, 2.05) is 79.9 Å². The highest BCUT2D eigenvalue weighted by molar-refractivity contribution is 5.69. The number of rotatable bonds is 5. The molecule has 5 heteroatoms. The van der Waals surface area contributed by atoms with E-state index in [9.17, 15) is 5.11 Å². The summed E-state index contributed by atoms with van der Waals surface area (Å²) in [6.07, 6.45) is 4.07. The standard InChI is InChI=1S/C25H27N3O2/c1-16(2)30-21-12-8-19(9-13-21)23-14-26-24-27-17(3)22(15-28(23)24)18-6-10-20(11-7-18)25(4,5)29/h6-16,29H,1-5H3. The first-order chi connectivity index (χ1) is 14.2. The predicted octanol–water partition coefficient (Wildman–Crippen LogP) is 5.39. The molecule has 2 aromatic heterocycles. The van der Waals surface area contributed by atoms with Crippen LogP contribution in [0.2, 0.25) is 0 Å². The van der Waals surface area contributed by atoms with E-state index in [1.165, 1.54) is 0 Å². The van der Waals surface area contributed by atoms with Gasteiger partial charge in [-0.3, -0.25) is 4.40 Å². The van der Waals surface area contributed by atoms with E-state index < -0.39 is 5.60 Å². The number of aryl methyl sites for hydroxylation is 1. The van der Waals surface area contributed by atoms with Gasteiger partial charge in [0.05, 0.1) is 29.3 Å². The first-order valence-electron chi connectivity index (χ1n) is 10.2. The van der Waals surface area contributed by atoms with Gasteiger partial charge in [-0.25, -0.2) is 9.97 Å². The zero-order valence-electron chi connectivity index (χ0n) is 18.0. The van der Waals surface area contributed by atoms with Crippen LogP contribution in [-0.2, 0) is 5.60 Å². The fourth-order valence-electron chi connectivity index (χ4n) is 3.52. The lowest BCUT2D eigenvalue weighted by atomic mass is 9.95. The summed E-state index contributed by atoms with van der Waals surface area (Å²) in [4.78, 5) is 9.20. The largest absolute Gasteiger partial charge is 0.491 e. The van der Waals surface area contributed by atoms with Gasteiger partial charge >= 0.3 is 0 Å². The Balaban J connectivity index is 1.74. The highest BCUT2D eigenvalue weighted by atomic mass is 16.5. The fourth-order valence-corrected chi connectivity index (χ4v) is 3.52. The first-order valence-corrected chi connectivity index (χ1v) is 10.2. The van der Waals surface area contributed by atoms with Gasteiger partial charge in [-0.1, -0.05) is 24.3 Å². The number of benzene rings is 2. The molecule has 0 unspecified atom stereocenters. The van der Waals surface area contributed by atoms with Crippen molar-refractivity contribution in [3.05, 3.63) is 72.2 Å².